The molecular weight excluding hydrogens is 438 g/mol. The van der Waals surface area contributed by atoms with Crippen LogP contribution in [-0.4, -0.2) is 57.1 Å². The highest BCUT2D eigenvalue weighted by molar-refractivity contribution is 7.99. The maximum absolute atomic E-state index is 13.3. The van der Waals surface area contributed by atoms with Crippen LogP contribution in [0.1, 0.15) is 43.3 Å². The van der Waals surface area contributed by atoms with Crippen molar-refractivity contribution in [3.63, 3.8) is 0 Å². The molecule has 9 heteroatoms. The first-order valence-electron chi connectivity index (χ1n) is 11.2. The number of hydrogen-bond donors (Lipinski definition) is 0. The number of methoxy groups -OCH3 is 2. The number of benzene rings is 1. The number of thioether (sulfide) groups is 1. The summed E-state index contributed by atoms with van der Waals surface area (Å²) in [4.78, 5) is 19.5. The fourth-order valence-corrected chi connectivity index (χ4v) is 5.32. The predicted octanol–water partition coefficient (Wildman–Crippen LogP) is 4.15. The molecule has 1 saturated heterocycles. The Hall–Kier alpha value is -3.07. The fraction of sp³-hybridized carbons (Fsp3) is 0.417. The van der Waals surface area contributed by atoms with Crippen LogP contribution in [-0.2, 0) is 4.79 Å². The number of likely N-dealkylation sites (tertiary alicyclic amines) is 1. The highest BCUT2D eigenvalue weighted by Gasteiger charge is 2.34. The lowest BCUT2D eigenvalue weighted by molar-refractivity contribution is -0.129. The zero-order valence-electron chi connectivity index (χ0n) is 18.8. The van der Waals surface area contributed by atoms with E-state index in [1.807, 2.05) is 35.2 Å². The van der Waals surface area contributed by atoms with Gasteiger partial charge in [-0.2, -0.15) is 0 Å². The van der Waals surface area contributed by atoms with Gasteiger partial charge in [-0.05, 0) is 56.0 Å². The van der Waals surface area contributed by atoms with Gasteiger partial charge in [-0.25, -0.2) is 0 Å². The minimum atomic E-state index is -0.0181. The van der Waals surface area contributed by atoms with Crippen molar-refractivity contribution in [3.8, 4) is 22.9 Å². The molecule has 1 saturated carbocycles. The predicted molar refractivity (Wildman–Crippen MR) is 125 cm³/mol. The van der Waals surface area contributed by atoms with Gasteiger partial charge in [0, 0.05) is 36.1 Å². The molecule has 8 nitrogen and oxygen atoms in total. The van der Waals surface area contributed by atoms with E-state index in [2.05, 4.69) is 19.7 Å². The van der Waals surface area contributed by atoms with Gasteiger partial charge in [-0.3, -0.25) is 14.3 Å². The van der Waals surface area contributed by atoms with Gasteiger partial charge in [0.15, 0.2) is 11.0 Å². The number of carbonyl (C=O) groups is 1. The summed E-state index contributed by atoms with van der Waals surface area (Å²) in [5.41, 5.74) is 1.94. The Morgan fingerprint density at radius 3 is 2.76 bits per heavy atom. The molecule has 33 heavy (non-hydrogen) atoms. The van der Waals surface area contributed by atoms with E-state index in [0.29, 0.717) is 11.8 Å². The summed E-state index contributed by atoms with van der Waals surface area (Å²) < 4.78 is 13.2. The third kappa shape index (κ3) is 4.42. The zero-order chi connectivity index (χ0) is 22.8. The van der Waals surface area contributed by atoms with Crippen molar-refractivity contribution in [2.45, 2.75) is 42.9 Å². The average Bonchev–Trinajstić information content (AvgIpc) is 3.41. The van der Waals surface area contributed by atoms with Crippen LogP contribution >= 0.6 is 11.8 Å². The third-order valence-electron chi connectivity index (χ3n) is 6.19. The first-order valence-corrected chi connectivity index (χ1v) is 12.2. The Kier molecular flexibility index (Phi) is 6.22. The van der Waals surface area contributed by atoms with E-state index in [4.69, 9.17) is 9.47 Å². The molecule has 2 aliphatic rings. The number of pyridine rings is 1. The van der Waals surface area contributed by atoms with Crippen LogP contribution in [0.5, 0.6) is 11.5 Å². The van der Waals surface area contributed by atoms with Crippen LogP contribution in [0.4, 0.5) is 0 Å². The average molecular weight is 466 g/mol. The van der Waals surface area contributed by atoms with Gasteiger partial charge >= 0.3 is 0 Å². The fourth-order valence-electron chi connectivity index (χ4n) is 4.43. The van der Waals surface area contributed by atoms with Crippen LogP contribution in [0.3, 0.4) is 0 Å². The second-order valence-electron chi connectivity index (χ2n) is 8.29. The topological polar surface area (TPSA) is 82.4 Å². The highest BCUT2D eigenvalue weighted by Crippen LogP contribution is 2.42. The number of hydrogen-bond acceptors (Lipinski definition) is 7. The quantitative estimate of drug-likeness (QED) is 0.462. The summed E-state index contributed by atoms with van der Waals surface area (Å²) in [6, 6.07) is 10.0. The van der Waals surface area contributed by atoms with Gasteiger partial charge in [0.2, 0.25) is 5.91 Å². The Labute approximate surface area is 197 Å². The van der Waals surface area contributed by atoms with Gasteiger partial charge in [-0.15, -0.1) is 10.2 Å². The van der Waals surface area contributed by atoms with E-state index in [-0.39, 0.29) is 11.9 Å². The molecule has 0 radical (unpaired) electrons. The minimum absolute atomic E-state index is 0.0181. The first-order chi connectivity index (χ1) is 16.2. The van der Waals surface area contributed by atoms with E-state index in [1.54, 1.807) is 26.6 Å². The van der Waals surface area contributed by atoms with Gasteiger partial charge in [0.25, 0.3) is 0 Å². The van der Waals surface area contributed by atoms with Gasteiger partial charge in [0.05, 0.1) is 26.0 Å². The standard InChI is InChI=1S/C24H27N5O3S/c1-31-18-9-10-21(32-2)19(13-18)20-6-4-12-28(20)22(30)15-33-24-27-26-23(29(24)17-7-8-17)16-5-3-11-25-14-16/h3,5,9-11,13-14,17,20H,4,6-8,12,15H2,1-2H3/t20-/m0/s1. The van der Waals surface area contributed by atoms with Gasteiger partial charge < -0.3 is 14.4 Å². The third-order valence-corrected chi connectivity index (χ3v) is 7.12. The largest absolute Gasteiger partial charge is 0.497 e. The van der Waals surface area contributed by atoms with Crippen LogP contribution < -0.4 is 9.47 Å². The van der Waals surface area contributed by atoms with Crippen molar-refractivity contribution in [3.05, 3.63) is 48.3 Å². The van der Waals surface area contributed by atoms with Gasteiger partial charge in [0.1, 0.15) is 11.5 Å². The Morgan fingerprint density at radius 2 is 2.03 bits per heavy atom. The molecule has 1 atom stereocenters. The van der Waals surface area contributed by atoms with E-state index in [0.717, 1.165) is 65.8 Å². The van der Waals surface area contributed by atoms with Crippen LogP contribution in [0, 0.1) is 0 Å². The van der Waals surface area contributed by atoms with E-state index in [1.165, 1.54) is 11.8 Å². The highest BCUT2D eigenvalue weighted by atomic mass is 32.2. The Morgan fingerprint density at radius 1 is 1.15 bits per heavy atom. The monoisotopic (exact) mass is 465 g/mol. The maximum Gasteiger partial charge on any atom is 0.233 e. The molecule has 3 heterocycles. The van der Waals surface area contributed by atoms with Crippen molar-refractivity contribution >= 4 is 17.7 Å². The molecule has 0 N–H and O–H groups in total. The molecular formula is C24H27N5O3S. The van der Waals surface area contributed by atoms with Gasteiger partial charge in [-0.1, -0.05) is 11.8 Å². The van der Waals surface area contributed by atoms with E-state index < -0.39 is 0 Å². The molecule has 3 aromatic rings. The van der Waals surface area contributed by atoms with E-state index >= 15 is 0 Å². The number of rotatable bonds is 8. The summed E-state index contributed by atoms with van der Waals surface area (Å²) in [5, 5.41) is 9.64. The molecule has 1 amide bonds. The molecule has 2 aromatic heterocycles. The van der Waals surface area contributed by atoms with Crippen molar-refractivity contribution in [2.75, 3.05) is 26.5 Å². The maximum atomic E-state index is 13.3. The zero-order valence-corrected chi connectivity index (χ0v) is 19.6. The number of carbonyl (C=O) groups excluding carboxylic acids is 1. The van der Waals surface area contributed by atoms with Crippen molar-refractivity contribution in [1.82, 2.24) is 24.6 Å². The summed E-state index contributed by atoms with van der Waals surface area (Å²) in [6.45, 7) is 0.737. The SMILES string of the molecule is COc1ccc(OC)c([C@@H]2CCCN2C(=O)CSc2nnc(-c3cccnc3)n2C2CC2)c1. The second-order valence-corrected chi connectivity index (χ2v) is 9.23. The first kappa shape index (κ1) is 21.8. The van der Waals surface area contributed by atoms with Crippen LogP contribution in [0.25, 0.3) is 11.4 Å². The molecule has 172 valence electrons. The van der Waals surface area contributed by atoms with E-state index in [9.17, 15) is 4.79 Å². The number of ether oxygens (including phenoxy) is 2. The van der Waals surface area contributed by atoms with Crippen LogP contribution in [0.2, 0.25) is 0 Å². The van der Waals surface area contributed by atoms with Crippen LogP contribution in [0.15, 0.2) is 47.9 Å². The molecule has 0 spiro atoms. The molecule has 2 fully saturated rings. The Balaban J connectivity index is 1.33. The summed E-state index contributed by atoms with van der Waals surface area (Å²) >= 11 is 1.46. The second kappa shape index (κ2) is 9.43. The molecule has 1 aromatic carbocycles. The van der Waals surface area contributed by atoms with Crippen molar-refractivity contribution < 1.29 is 14.3 Å². The lowest BCUT2D eigenvalue weighted by atomic mass is 10.0. The molecule has 0 bridgehead atoms. The number of nitrogens with zero attached hydrogens (tertiary/aromatic N) is 5. The summed E-state index contributed by atoms with van der Waals surface area (Å²) in [7, 11) is 3.31. The lowest BCUT2D eigenvalue weighted by Gasteiger charge is -2.26. The number of amides is 1. The number of aromatic nitrogens is 4. The van der Waals surface area contributed by atoms with Crippen molar-refractivity contribution in [1.29, 1.82) is 0 Å². The molecule has 1 aliphatic carbocycles. The Bertz CT molecular complexity index is 1130. The smallest absolute Gasteiger partial charge is 0.233 e. The molecule has 0 unspecified atom stereocenters. The lowest BCUT2D eigenvalue weighted by Crippen LogP contribution is -2.32. The molecule has 5 rings (SSSR count). The summed E-state index contributed by atoms with van der Waals surface area (Å²) in [6.07, 6.45) is 7.64. The van der Waals surface area contributed by atoms with Crippen molar-refractivity contribution in [2.24, 2.45) is 0 Å². The minimum Gasteiger partial charge on any atom is -0.497 e. The molecule has 1 aliphatic heterocycles. The normalized spacial score (nSPS) is 17.9. The summed E-state index contributed by atoms with van der Waals surface area (Å²) in [5.74, 6) is 2.78.